The van der Waals surface area contributed by atoms with Gasteiger partial charge in [0.1, 0.15) is 0 Å². The SMILES string of the molecule is CC1SC2(C(=O)Nc3ccccc32)N(c2ccccc2)C1=O. The van der Waals surface area contributed by atoms with Gasteiger partial charge in [0.05, 0.1) is 5.25 Å². The van der Waals surface area contributed by atoms with Crippen LogP contribution in [0.5, 0.6) is 0 Å². The van der Waals surface area contributed by atoms with Crippen LogP contribution in [0.4, 0.5) is 11.4 Å². The largest absolute Gasteiger partial charge is 0.323 e. The molecule has 0 aromatic heterocycles. The summed E-state index contributed by atoms with van der Waals surface area (Å²) >= 11 is 1.40. The fourth-order valence-electron chi connectivity index (χ4n) is 3.14. The van der Waals surface area contributed by atoms with Crippen molar-refractivity contribution in [2.75, 3.05) is 10.2 Å². The zero-order chi connectivity index (χ0) is 15.3. The summed E-state index contributed by atoms with van der Waals surface area (Å²) in [6.45, 7) is 1.85. The molecule has 2 unspecified atom stereocenters. The van der Waals surface area contributed by atoms with Crippen LogP contribution in [0.3, 0.4) is 0 Å². The van der Waals surface area contributed by atoms with E-state index >= 15 is 0 Å². The number of carbonyl (C=O) groups is 2. The molecule has 1 fully saturated rings. The molecule has 110 valence electrons. The number of hydrogen-bond acceptors (Lipinski definition) is 3. The first-order chi connectivity index (χ1) is 10.6. The predicted molar refractivity (Wildman–Crippen MR) is 87.7 cm³/mol. The van der Waals surface area contributed by atoms with Gasteiger partial charge >= 0.3 is 0 Å². The number of hydrogen-bond donors (Lipinski definition) is 1. The van der Waals surface area contributed by atoms with Gasteiger partial charge in [0.2, 0.25) is 10.8 Å². The summed E-state index contributed by atoms with van der Waals surface area (Å²) in [7, 11) is 0. The molecule has 2 heterocycles. The van der Waals surface area contributed by atoms with Gasteiger partial charge in [-0.3, -0.25) is 14.5 Å². The summed E-state index contributed by atoms with van der Waals surface area (Å²) in [5.41, 5.74) is 2.38. The predicted octanol–water partition coefficient (Wildman–Crippen LogP) is 2.96. The van der Waals surface area contributed by atoms with Crippen molar-refractivity contribution in [3.63, 3.8) is 0 Å². The van der Waals surface area contributed by atoms with E-state index in [2.05, 4.69) is 5.32 Å². The Balaban J connectivity index is 1.96. The zero-order valence-electron chi connectivity index (χ0n) is 11.9. The highest BCUT2D eigenvalue weighted by molar-refractivity contribution is 8.03. The Morgan fingerprint density at radius 2 is 1.73 bits per heavy atom. The van der Waals surface area contributed by atoms with Gasteiger partial charge in [0.25, 0.3) is 5.91 Å². The van der Waals surface area contributed by atoms with Crippen molar-refractivity contribution in [3.05, 3.63) is 60.2 Å². The minimum atomic E-state index is -1.01. The Kier molecular flexibility index (Phi) is 2.81. The number of carbonyl (C=O) groups excluding carboxylic acids is 2. The maximum Gasteiger partial charge on any atom is 0.266 e. The number of nitrogens with one attached hydrogen (secondary N) is 1. The number of nitrogens with zero attached hydrogens (tertiary/aromatic N) is 1. The Morgan fingerprint density at radius 3 is 2.50 bits per heavy atom. The van der Waals surface area contributed by atoms with E-state index in [-0.39, 0.29) is 17.1 Å². The van der Waals surface area contributed by atoms with Gasteiger partial charge in [-0.25, -0.2) is 0 Å². The second-order valence-electron chi connectivity index (χ2n) is 5.41. The summed E-state index contributed by atoms with van der Waals surface area (Å²) in [6, 6.07) is 17.0. The summed E-state index contributed by atoms with van der Waals surface area (Å²) in [4.78, 5) is 26.2. The lowest BCUT2D eigenvalue weighted by Crippen LogP contribution is -2.47. The highest BCUT2D eigenvalue weighted by Crippen LogP contribution is 2.55. The van der Waals surface area contributed by atoms with Crippen LogP contribution in [0.1, 0.15) is 12.5 Å². The van der Waals surface area contributed by atoms with E-state index in [4.69, 9.17) is 0 Å². The molecule has 0 radical (unpaired) electrons. The molecule has 2 aliphatic heterocycles. The standard InChI is InChI=1S/C17H14N2O2S/c1-11-15(20)19(12-7-3-2-4-8-12)17(22-11)13-9-5-6-10-14(13)18-16(17)21/h2-11H,1H3,(H,18,21). The van der Waals surface area contributed by atoms with E-state index < -0.39 is 4.87 Å². The van der Waals surface area contributed by atoms with Gasteiger partial charge < -0.3 is 5.32 Å². The topological polar surface area (TPSA) is 49.4 Å². The molecule has 5 heteroatoms. The van der Waals surface area contributed by atoms with Crippen LogP contribution in [0.15, 0.2) is 54.6 Å². The molecule has 2 aromatic carbocycles. The van der Waals surface area contributed by atoms with Crippen molar-refractivity contribution in [1.29, 1.82) is 0 Å². The molecule has 4 nitrogen and oxygen atoms in total. The molecule has 22 heavy (non-hydrogen) atoms. The molecule has 2 aromatic rings. The quantitative estimate of drug-likeness (QED) is 0.881. The van der Waals surface area contributed by atoms with Crippen molar-refractivity contribution in [2.24, 2.45) is 0 Å². The number of anilines is 2. The Morgan fingerprint density at radius 1 is 1.05 bits per heavy atom. The fraction of sp³-hybridized carbons (Fsp3) is 0.176. The molecule has 0 saturated carbocycles. The van der Waals surface area contributed by atoms with E-state index in [0.29, 0.717) is 0 Å². The third-order valence-corrected chi connectivity index (χ3v) is 5.58. The molecule has 0 aliphatic carbocycles. The molecular formula is C17H14N2O2S. The van der Waals surface area contributed by atoms with E-state index in [1.54, 1.807) is 4.90 Å². The lowest BCUT2D eigenvalue weighted by atomic mass is 10.0. The van der Waals surface area contributed by atoms with Crippen LogP contribution in [-0.4, -0.2) is 17.1 Å². The van der Waals surface area contributed by atoms with Gasteiger partial charge in [-0.05, 0) is 25.1 Å². The highest BCUT2D eigenvalue weighted by atomic mass is 32.2. The van der Waals surface area contributed by atoms with Gasteiger partial charge in [0, 0.05) is 16.9 Å². The number of benzene rings is 2. The fourth-order valence-corrected chi connectivity index (χ4v) is 4.62. The van der Waals surface area contributed by atoms with Gasteiger partial charge in [-0.15, -0.1) is 11.8 Å². The number of thioether (sulfide) groups is 1. The third-order valence-electron chi connectivity index (χ3n) is 4.09. The van der Waals surface area contributed by atoms with Crippen LogP contribution >= 0.6 is 11.8 Å². The second kappa shape index (κ2) is 4.61. The molecule has 1 saturated heterocycles. The first-order valence-corrected chi connectivity index (χ1v) is 8.00. The lowest BCUT2D eigenvalue weighted by Gasteiger charge is -2.32. The van der Waals surface area contributed by atoms with Crippen molar-refractivity contribution in [3.8, 4) is 0 Å². The number of fused-ring (bicyclic) bond motifs is 2. The molecule has 1 N–H and O–H groups in total. The summed E-state index contributed by atoms with van der Waals surface area (Å²) in [5.74, 6) is -0.191. The Labute approximate surface area is 132 Å². The second-order valence-corrected chi connectivity index (χ2v) is 6.95. The Hall–Kier alpha value is -2.27. The minimum absolute atomic E-state index is 0.0388. The molecular weight excluding hydrogens is 296 g/mol. The summed E-state index contributed by atoms with van der Waals surface area (Å²) < 4.78 is 0. The Bertz CT molecular complexity index is 777. The van der Waals surface area contributed by atoms with Crippen molar-refractivity contribution in [2.45, 2.75) is 17.0 Å². The van der Waals surface area contributed by atoms with Crippen molar-refractivity contribution in [1.82, 2.24) is 0 Å². The van der Waals surface area contributed by atoms with Crippen molar-refractivity contribution >= 4 is 35.0 Å². The average Bonchev–Trinajstić information content (AvgIpc) is 2.96. The first kappa shape index (κ1) is 13.4. The maximum atomic E-state index is 12.8. The van der Waals surface area contributed by atoms with Crippen LogP contribution in [0.2, 0.25) is 0 Å². The smallest absolute Gasteiger partial charge is 0.266 e. The van der Waals surface area contributed by atoms with Crippen LogP contribution < -0.4 is 10.2 Å². The summed E-state index contributed by atoms with van der Waals surface area (Å²) in [5, 5.41) is 2.65. The normalized spacial score (nSPS) is 26.4. The first-order valence-electron chi connectivity index (χ1n) is 7.12. The van der Waals surface area contributed by atoms with E-state index in [1.807, 2.05) is 61.5 Å². The highest BCUT2D eigenvalue weighted by Gasteiger charge is 2.60. The van der Waals surface area contributed by atoms with E-state index in [9.17, 15) is 9.59 Å². The molecule has 4 rings (SSSR count). The van der Waals surface area contributed by atoms with E-state index in [0.717, 1.165) is 16.9 Å². The summed E-state index contributed by atoms with van der Waals surface area (Å²) in [6.07, 6.45) is 0. The molecule has 0 bridgehead atoms. The zero-order valence-corrected chi connectivity index (χ0v) is 12.8. The van der Waals surface area contributed by atoms with Gasteiger partial charge in [-0.2, -0.15) is 0 Å². The molecule has 2 atom stereocenters. The monoisotopic (exact) mass is 310 g/mol. The van der Waals surface area contributed by atoms with Crippen molar-refractivity contribution < 1.29 is 9.59 Å². The molecule has 2 amide bonds. The van der Waals surface area contributed by atoms with Crippen LogP contribution in [0.25, 0.3) is 0 Å². The molecule has 2 aliphatic rings. The van der Waals surface area contributed by atoms with Gasteiger partial charge in [-0.1, -0.05) is 36.4 Å². The minimum Gasteiger partial charge on any atom is -0.323 e. The number of rotatable bonds is 1. The number of para-hydroxylation sites is 2. The van der Waals surface area contributed by atoms with Gasteiger partial charge in [0.15, 0.2) is 0 Å². The van der Waals surface area contributed by atoms with E-state index in [1.165, 1.54) is 11.8 Å². The average molecular weight is 310 g/mol. The molecule has 1 spiro atoms. The van der Waals surface area contributed by atoms with Crippen LogP contribution in [0, 0.1) is 0 Å². The number of amides is 2. The third kappa shape index (κ3) is 1.60. The van der Waals surface area contributed by atoms with Crippen LogP contribution in [-0.2, 0) is 14.5 Å². The maximum absolute atomic E-state index is 12.8. The lowest BCUT2D eigenvalue weighted by molar-refractivity contribution is -0.122.